The van der Waals surface area contributed by atoms with Gasteiger partial charge in [-0.1, -0.05) is 13.0 Å². The van der Waals surface area contributed by atoms with E-state index < -0.39 is 0 Å². The molecule has 0 aromatic heterocycles. The zero-order valence-electron chi connectivity index (χ0n) is 12.1. The summed E-state index contributed by atoms with van der Waals surface area (Å²) in [5.41, 5.74) is 7.30. The standard InChI is InChI=1S/C17H20FNO2/c1-2-9-20-16-5-7-17(8-6-16)21-12-14-10-15(18)4-3-13(14)11-19/h3-8,10H,2,9,11-12,19H2,1H3. The van der Waals surface area contributed by atoms with Crippen molar-refractivity contribution in [1.82, 2.24) is 0 Å². The van der Waals surface area contributed by atoms with E-state index in [1.165, 1.54) is 12.1 Å². The second-order valence-corrected chi connectivity index (χ2v) is 4.73. The Kier molecular flexibility index (Phi) is 5.58. The van der Waals surface area contributed by atoms with Gasteiger partial charge in [0.05, 0.1) is 6.61 Å². The molecule has 0 heterocycles. The Morgan fingerprint density at radius 1 is 0.952 bits per heavy atom. The van der Waals surface area contributed by atoms with Gasteiger partial charge < -0.3 is 15.2 Å². The molecule has 2 aromatic carbocycles. The molecule has 0 saturated heterocycles. The van der Waals surface area contributed by atoms with Crippen molar-refractivity contribution in [3.63, 3.8) is 0 Å². The van der Waals surface area contributed by atoms with Crippen LogP contribution in [0.2, 0.25) is 0 Å². The molecular weight excluding hydrogens is 269 g/mol. The Balaban J connectivity index is 1.98. The van der Waals surface area contributed by atoms with Gasteiger partial charge in [0.1, 0.15) is 23.9 Å². The van der Waals surface area contributed by atoms with Crippen molar-refractivity contribution in [3.05, 3.63) is 59.4 Å². The lowest BCUT2D eigenvalue weighted by Gasteiger charge is -2.11. The molecule has 2 aromatic rings. The second kappa shape index (κ2) is 7.64. The number of halogens is 1. The van der Waals surface area contributed by atoms with Crippen LogP contribution in [0.25, 0.3) is 0 Å². The van der Waals surface area contributed by atoms with Crippen LogP contribution >= 0.6 is 0 Å². The molecule has 3 nitrogen and oxygen atoms in total. The summed E-state index contributed by atoms with van der Waals surface area (Å²) in [5, 5.41) is 0. The lowest BCUT2D eigenvalue weighted by atomic mass is 10.1. The first-order chi connectivity index (χ1) is 10.2. The van der Waals surface area contributed by atoms with E-state index in [4.69, 9.17) is 15.2 Å². The topological polar surface area (TPSA) is 44.5 Å². The van der Waals surface area contributed by atoms with E-state index >= 15 is 0 Å². The van der Waals surface area contributed by atoms with Crippen LogP contribution < -0.4 is 15.2 Å². The number of ether oxygens (including phenoxy) is 2. The van der Waals surface area contributed by atoms with E-state index in [-0.39, 0.29) is 5.82 Å². The van der Waals surface area contributed by atoms with Gasteiger partial charge in [-0.3, -0.25) is 0 Å². The first kappa shape index (κ1) is 15.3. The molecule has 112 valence electrons. The van der Waals surface area contributed by atoms with Gasteiger partial charge in [0.2, 0.25) is 0 Å². The van der Waals surface area contributed by atoms with E-state index in [2.05, 4.69) is 6.92 Å². The number of benzene rings is 2. The Bertz CT molecular complexity index is 570. The molecular formula is C17H20FNO2. The Morgan fingerprint density at radius 2 is 1.62 bits per heavy atom. The average molecular weight is 289 g/mol. The third kappa shape index (κ3) is 4.46. The van der Waals surface area contributed by atoms with Crippen molar-refractivity contribution in [3.8, 4) is 11.5 Å². The molecule has 0 spiro atoms. The van der Waals surface area contributed by atoms with Crippen molar-refractivity contribution in [1.29, 1.82) is 0 Å². The SMILES string of the molecule is CCCOc1ccc(OCc2cc(F)ccc2CN)cc1. The van der Waals surface area contributed by atoms with Gasteiger partial charge in [-0.2, -0.15) is 0 Å². The van der Waals surface area contributed by atoms with Crippen molar-refractivity contribution in [2.24, 2.45) is 5.73 Å². The normalized spacial score (nSPS) is 10.4. The average Bonchev–Trinajstić information content (AvgIpc) is 2.52. The summed E-state index contributed by atoms with van der Waals surface area (Å²) < 4.78 is 24.4. The van der Waals surface area contributed by atoms with Gasteiger partial charge in [-0.15, -0.1) is 0 Å². The molecule has 0 radical (unpaired) electrons. The van der Waals surface area contributed by atoms with Crippen molar-refractivity contribution in [2.75, 3.05) is 6.61 Å². The third-order valence-electron chi connectivity index (χ3n) is 3.08. The molecule has 0 aliphatic heterocycles. The summed E-state index contributed by atoms with van der Waals surface area (Å²) in [7, 11) is 0. The summed E-state index contributed by atoms with van der Waals surface area (Å²) >= 11 is 0. The minimum absolute atomic E-state index is 0.283. The maximum Gasteiger partial charge on any atom is 0.123 e. The van der Waals surface area contributed by atoms with Gasteiger partial charge >= 0.3 is 0 Å². The Labute approximate surface area is 124 Å². The number of hydrogen-bond acceptors (Lipinski definition) is 3. The number of rotatable bonds is 7. The van der Waals surface area contributed by atoms with Gasteiger partial charge in [0.25, 0.3) is 0 Å². The fourth-order valence-electron chi connectivity index (χ4n) is 1.94. The molecule has 0 saturated carbocycles. The first-order valence-corrected chi connectivity index (χ1v) is 7.06. The molecule has 0 bridgehead atoms. The molecule has 4 heteroatoms. The van der Waals surface area contributed by atoms with E-state index in [1.54, 1.807) is 6.07 Å². The van der Waals surface area contributed by atoms with Gasteiger partial charge in [-0.25, -0.2) is 4.39 Å². The van der Waals surface area contributed by atoms with E-state index in [0.29, 0.717) is 25.5 Å². The fourth-order valence-corrected chi connectivity index (χ4v) is 1.94. The molecule has 0 aliphatic carbocycles. The minimum atomic E-state index is -0.283. The quantitative estimate of drug-likeness (QED) is 0.846. The maximum absolute atomic E-state index is 13.3. The molecule has 2 rings (SSSR count). The van der Waals surface area contributed by atoms with Crippen molar-refractivity contribution >= 4 is 0 Å². The lowest BCUT2D eigenvalue weighted by molar-refractivity contribution is 0.300. The van der Waals surface area contributed by atoms with Gasteiger partial charge in [0.15, 0.2) is 0 Å². The highest BCUT2D eigenvalue weighted by atomic mass is 19.1. The van der Waals surface area contributed by atoms with Crippen LogP contribution in [-0.4, -0.2) is 6.61 Å². The highest BCUT2D eigenvalue weighted by Crippen LogP contribution is 2.20. The molecule has 0 fully saturated rings. The van der Waals surface area contributed by atoms with Gasteiger partial charge in [-0.05, 0) is 53.9 Å². The zero-order valence-corrected chi connectivity index (χ0v) is 12.1. The largest absolute Gasteiger partial charge is 0.494 e. The molecule has 0 aliphatic rings. The van der Waals surface area contributed by atoms with Crippen molar-refractivity contribution < 1.29 is 13.9 Å². The van der Waals surface area contributed by atoms with E-state index in [0.717, 1.165) is 23.3 Å². The monoisotopic (exact) mass is 289 g/mol. The number of nitrogens with two attached hydrogens (primary N) is 1. The van der Waals surface area contributed by atoms with Crippen molar-refractivity contribution in [2.45, 2.75) is 26.5 Å². The Hall–Kier alpha value is -2.07. The second-order valence-electron chi connectivity index (χ2n) is 4.73. The summed E-state index contributed by atoms with van der Waals surface area (Å²) in [6.45, 7) is 3.41. The van der Waals surface area contributed by atoms with Crippen LogP contribution in [0, 0.1) is 5.82 Å². The van der Waals surface area contributed by atoms with E-state index in [1.807, 2.05) is 24.3 Å². The predicted octanol–water partition coefficient (Wildman–Crippen LogP) is 3.65. The van der Waals surface area contributed by atoms with E-state index in [9.17, 15) is 4.39 Å². The molecule has 2 N–H and O–H groups in total. The Morgan fingerprint density at radius 3 is 2.24 bits per heavy atom. The summed E-state index contributed by atoms with van der Waals surface area (Å²) in [6, 6.07) is 12.0. The maximum atomic E-state index is 13.3. The van der Waals surface area contributed by atoms with Crippen LogP contribution in [0.1, 0.15) is 24.5 Å². The van der Waals surface area contributed by atoms with Crippen LogP contribution in [-0.2, 0) is 13.2 Å². The zero-order chi connectivity index (χ0) is 15.1. The highest BCUT2D eigenvalue weighted by Gasteiger charge is 2.04. The number of hydrogen-bond donors (Lipinski definition) is 1. The summed E-state index contributed by atoms with van der Waals surface area (Å²) in [6.07, 6.45) is 0.972. The molecule has 0 unspecified atom stereocenters. The van der Waals surface area contributed by atoms with Gasteiger partial charge in [0, 0.05) is 6.54 Å². The third-order valence-corrected chi connectivity index (χ3v) is 3.08. The highest BCUT2D eigenvalue weighted by molar-refractivity contribution is 5.32. The fraction of sp³-hybridized carbons (Fsp3) is 0.294. The summed E-state index contributed by atoms with van der Waals surface area (Å²) in [5.74, 6) is 1.25. The van der Waals surface area contributed by atoms with Crippen LogP contribution in [0.5, 0.6) is 11.5 Å². The summed E-state index contributed by atoms with van der Waals surface area (Å²) in [4.78, 5) is 0. The van der Waals surface area contributed by atoms with Crippen LogP contribution in [0.15, 0.2) is 42.5 Å². The lowest BCUT2D eigenvalue weighted by Crippen LogP contribution is -2.05. The van der Waals surface area contributed by atoms with Crippen LogP contribution in [0.4, 0.5) is 4.39 Å². The first-order valence-electron chi connectivity index (χ1n) is 7.06. The predicted molar refractivity (Wildman–Crippen MR) is 80.9 cm³/mol. The minimum Gasteiger partial charge on any atom is -0.494 e. The molecule has 0 amide bonds. The molecule has 0 atom stereocenters. The van der Waals surface area contributed by atoms with Crippen LogP contribution in [0.3, 0.4) is 0 Å². The smallest absolute Gasteiger partial charge is 0.123 e. The molecule has 21 heavy (non-hydrogen) atoms.